The molecule has 0 radical (unpaired) electrons. The molecule has 3 rings (SSSR count). The molecule has 1 aromatic rings. The van der Waals surface area contributed by atoms with Crippen LogP contribution in [0.5, 0.6) is 5.88 Å². The molecule has 0 spiro atoms. The molecular weight excluding hydrogens is 377 g/mol. The maximum atomic E-state index is 13.3. The van der Waals surface area contributed by atoms with Crippen LogP contribution in [0.15, 0.2) is 18.3 Å². The van der Waals surface area contributed by atoms with Crippen molar-refractivity contribution < 1.29 is 32.2 Å². The molecule has 0 aliphatic carbocycles. The molecule has 9 heteroatoms. The van der Waals surface area contributed by atoms with Crippen LogP contribution in [-0.2, 0) is 15.7 Å². The first-order valence-electron chi connectivity index (χ1n) is 8.91. The molecule has 28 heavy (non-hydrogen) atoms. The van der Waals surface area contributed by atoms with Crippen molar-refractivity contribution in [3.05, 3.63) is 29.5 Å². The summed E-state index contributed by atoms with van der Waals surface area (Å²) in [6.45, 7) is 5.90. The van der Waals surface area contributed by atoms with E-state index in [-0.39, 0.29) is 12.6 Å². The number of carbonyl (C=O) groups is 1. The highest BCUT2D eigenvalue weighted by Gasteiger charge is 2.41. The van der Waals surface area contributed by atoms with E-state index in [1.165, 1.54) is 6.20 Å². The van der Waals surface area contributed by atoms with Gasteiger partial charge in [-0.2, -0.15) is 13.2 Å². The number of hydrogen-bond acceptors (Lipinski definition) is 5. The van der Waals surface area contributed by atoms with Gasteiger partial charge in [0.05, 0.1) is 32.4 Å². The average molecular weight is 400 g/mol. The van der Waals surface area contributed by atoms with Gasteiger partial charge in [0.1, 0.15) is 11.2 Å². The minimum absolute atomic E-state index is 0.259. The highest BCUT2D eigenvalue weighted by Crippen LogP contribution is 2.39. The van der Waals surface area contributed by atoms with Crippen molar-refractivity contribution in [3.63, 3.8) is 0 Å². The summed E-state index contributed by atoms with van der Waals surface area (Å²) < 4.78 is 55.7. The number of hydrogen-bond donors (Lipinski definition) is 0. The number of nitrogens with zero attached hydrogens (tertiary/aromatic N) is 2. The van der Waals surface area contributed by atoms with Gasteiger partial charge in [-0.05, 0) is 44.4 Å². The number of fused-ring (bicyclic) bond motifs is 2. The lowest BCUT2D eigenvalue weighted by molar-refractivity contribution is -0.139. The predicted octanol–water partition coefficient (Wildman–Crippen LogP) is 3.90. The summed E-state index contributed by atoms with van der Waals surface area (Å²) in [5, 5.41) is 0. The summed E-state index contributed by atoms with van der Waals surface area (Å²) in [5.74, 6) is -0.466. The largest absolute Gasteiger partial charge is 0.481 e. The van der Waals surface area contributed by atoms with E-state index < -0.39 is 35.4 Å². The standard InChI is InChI=1S/C19H23F3N2O4/c1-18(2,3)28-17(25)24-13-5-11(6-14(24)10-27-9-13)12-7-15(19(20,21)22)16(26-4)23-8-12/h5,7-8,13-14H,6,9-10H2,1-4H3. The lowest BCUT2D eigenvalue weighted by Gasteiger charge is -2.44. The van der Waals surface area contributed by atoms with Gasteiger partial charge in [0.25, 0.3) is 0 Å². The quantitative estimate of drug-likeness (QED) is 0.754. The minimum atomic E-state index is -4.58. The molecule has 2 aliphatic heterocycles. The van der Waals surface area contributed by atoms with Crippen LogP contribution in [-0.4, -0.2) is 54.0 Å². The molecule has 0 N–H and O–H groups in total. The topological polar surface area (TPSA) is 60.9 Å². The Morgan fingerprint density at radius 2 is 2.00 bits per heavy atom. The third-order valence-electron chi connectivity index (χ3n) is 4.52. The van der Waals surface area contributed by atoms with E-state index in [1.807, 2.05) is 0 Å². The molecule has 154 valence electrons. The first-order chi connectivity index (χ1) is 13.0. The second-order valence-corrected chi connectivity index (χ2v) is 7.82. The smallest absolute Gasteiger partial charge is 0.421 e. The number of halogens is 3. The lowest BCUT2D eigenvalue weighted by Crippen LogP contribution is -2.57. The molecule has 1 amide bonds. The highest BCUT2D eigenvalue weighted by molar-refractivity contribution is 5.75. The van der Waals surface area contributed by atoms with E-state index >= 15 is 0 Å². The van der Waals surface area contributed by atoms with Gasteiger partial charge in [-0.15, -0.1) is 0 Å². The monoisotopic (exact) mass is 400 g/mol. The number of pyridine rings is 1. The fourth-order valence-electron chi connectivity index (χ4n) is 3.40. The van der Waals surface area contributed by atoms with E-state index in [4.69, 9.17) is 14.2 Å². The number of rotatable bonds is 2. The van der Waals surface area contributed by atoms with Gasteiger partial charge < -0.3 is 14.2 Å². The van der Waals surface area contributed by atoms with Crippen LogP contribution < -0.4 is 4.74 Å². The molecule has 2 aliphatic rings. The fraction of sp³-hybridized carbons (Fsp3) is 0.579. The Bertz CT molecular complexity index is 786. The van der Waals surface area contributed by atoms with E-state index in [1.54, 1.807) is 31.7 Å². The van der Waals surface area contributed by atoms with Gasteiger partial charge >= 0.3 is 12.3 Å². The zero-order valence-electron chi connectivity index (χ0n) is 16.2. The summed E-state index contributed by atoms with van der Waals surface area (Å²) in [7, 11) is 1.15. The van der Waals surface area contributed by atoms with Crippen molar-refractivity contribution in [2.24, 2.45) is 0 Å². The first kappa shape index (κ1) is 20.4. The molecule has 1 aromatic heterocycles. The van der Waals surface area contributed by atoms with Crippen LogP contribution in [0, 0.1) is 0 Å². The molecule has 2 atom stereocenters. The van der Waals surface area contributed by atoms with E-state index in [9.17, 15) is 18.0 Å². The summed E-state index contributed by atoms with van der Waals surface area (Å²) in [4.78, 5) is 18.0. The number of amides is 1. The maximum absolute atomic E-state index is 13.3. The summed E-state index contributed by atoms with van der Waals surface area (Å²) in [5.41, 5.74) is -0.519. The molecule has 1 saturated heterocycles. The Hall–Kier alpha value is -2.29. The summed E-state index contributed by atoms with van der Waals surface area (Å²) in [6.07, 6.45) is -1.57. The second-order valence-electron chi connectivity index (χ2n) is 7.82. The molecule has 3 heterocycles. The number of ether oxygens (including phenoxy) is 3. The Kier molecular flexibility index (Phi) is 5.31. The van der Waals surface area contributed by atoms with Crippen molar-refractivity contribution >= 4 is 11.7 Å². The Morgan fingerprint density at radius 1 is 1.29 bits per heavy atom. The minimum Gasteiger partial charge on any atom is -0.481 e. The molecular formula is C19H23F3N2O4. The van der Waals surface area contributed by atoms with Crippen LogP contribution in [0.3, 0.4) is 0 Å². The maximum Gasteiger partial charge on any atom is 0.421 e. The number of carbonyl (C=O) groups excluding carboxylic acids is 1. The predicted molar refractivity (Wildman–Crippen MR) is 94.9 cm³/mol. The van der Waals surface area contributed by atoms with Crippen LogP contribution in [0.4, 0.5) is 18.0 Å². The van der Waals surface area contributed by atoms with Crippen molar-refractivity contribution in [2.75, 3.05) is 20.3 Å². The van der Waals surface area contributed by atoms with Gasteiger partial charge in [-0.1, -0.05) is 6.08 Å². The summed E-state index contributed by atoms with van der Waals surface area (Å²) in [6, 6.07) is 0.316. The van der Waals surface area contributed by atoms with Crippen molar-refractivity contribution in [1.82, 2.24) is 9.88 Å². The summed E-state index contributed by atoms with van der Waals surface area (Å²) >= 11 is 0. The van der Waals surface area contributed by atoms with Crippen molar-refractivity contribution in [2.45, 2.75) is 51.1 Å². The van der Waals surface area contributed by atoms with Gasteiger partial charge in [0.15, 0.2) is 0 Å². The van der Waals surface area contributed by atoms with Crippen molar-refractivity contribution in [1.29, 1.82) is 0 Å². The Morgan fingerprint density at radius 3 is 2.57 bits per heavy atom. The van der Waals surface area contributed by atoms with Crippen LogP contribution in [0.25, 0.3) is 5.57 Å². The normalized spacial score (nSPS) is 22.5. The first-order valence-corrected chi connectivity index (χ1v) is 8.91. The van der Waals surface area contributed by atoms with E-state index in [0.29, 0.717) is 24.2 Å². The van der Waals surface area contributed by atoms with Gasteiger partial charge in [0.2, 0.25) is 5.88 Å². The van der Waals surface area contributed by atoms with E-state index in [2.05, 4.69) is 4.98 Å². The number of methoxy groups -OCH3 is 1. The molecule has 6 nitrogen and oxygen atoms in total. The molecule has 2 bridgehead atoms. The Balaban J connectivity index is 1.92. The second kappa shape index (κ2) is 7.27. The fourth-order valence-corrected chi connectivity index (χ4v) is 3.40. The third-order valence-corrected chi connectivity index (χ3v) is 4.52. The van der Waals surface area contributed by atoms with E-state index in [0.717, 1.165) is 13.2 Å². The number of alkyl halides is 3. The SMILES string of the molecule is COc1ncc(C2=CC3COCC(C2)N3C(=O)OC(C)(C)C)cc1C(F)(F)F. The molecule has 2 unspecified atom stereocenters. The number of aromatic nitrogens is 1. The van der Waals surface area contributed by atoms with Crippen LogP contribution in [0.1, 0.15) is 38.3 Å². The zero-order valence-corrected chi connectivity index (χ0v) is 16.2. The Labute approximate surface area is 161 Å². The van der Waals surface area contributed by atoms with Crippen molar-refractivity contribution in [3.8, 4) is 5.88 Å². The average Bonchev–Trinajstić information content (AvgIpc) is 2.57. The van der Waals surface area contributed by atoms with Crippen LogP contribution in [0.2, 0.25) is 0 Å². The number of morpholine rings is 1. The van der Waals surface area contributed by atoms with Gasteiger partial charge in [-0.3, -0.25) is 4.90 Å². The van der Waals surface area contributed by atoms with Crippen LogP contribution >= 0.6 is 0 Å². The zero-order chi connectivity index (χ0) is 20.7. The van der Waals surface area contributed by atoms with Gasteiger partial charge in [0, 0.05) is 6.20 Å². The third kappa shape index (κ3) is 4.24. The molecule has 0 aromatic carbocycles. The molecule has 0 saturated carbocycles. The van der Waals surface area contributed by atoms with Gasteiger partial charge in [-0.25, -0.2) is 9.78 Å². The lowest BCUT2D eigenvalue weighted by atomic mass is 9.90. The highest BCUT2D eigenvalue weighted by atomic mass is 19.4. The molecule has 1 fully saturated rings.